The van der Waals surface area contributed by atoms with Gasteiger partial charge in [-0.3, -0.25) is 67.7 Å². The summed E-state index contributed by atoms with van der Waals surface area (Å²) in [5, 5.41) is 44.0. The highest BCUT2D eigenvalue weighted by Crippen LogP contribution is 2.41. The van der Waals surface area contributed by atoms with Crippen LogP contribution >= 0.6 is 0 Å². The van der Waals surface area contributed by atoms with Crippen LogP contribution in [0.4, 0.5) is 23.2 Å². The van der Waals surface area contributed by atoms with Crippen molar-refractivity contribution in [2.75, 3.05) is 191 Å². The first kappa shape index (κ1) is 73.2. The van der Waals surface area contributed by atoms with Crippen LogP contribution < -0.4 is 20.3 Å². The molecule has 3 heterocycles. The summed E-state index contributed by atoms with van der Waals surface area (Å²) in [6, 6.07) is 12.8. The minimum Gasteiger partial charge on any atom is -0.493 e. The molecule has 0 unspecified atom stereocenters. The second-order valence-corrected chi connectivity index (χ2v) is 22.6. The van der Waals surface area contributed by atoms with Crippen molar-refractivity contribution in [1.82, 2.24) is 59.7 Å². The van der Waals surface area contributed by atoms with E-state index in [1.165, 1.54) is 46.5 Å². The summed E-state index contributed by atoms with van der Waals surface area (Å²) in [6.07, 6.45) is -3.06. The molecule has 6 amide bonds. The Bertz CT molecular complexity index is 3060. The number of nitrogens with one attached hydrogen (secondary N) is 2. The van der Waals surface area contributed by atoms with Crippen molar-refractivity contribution < 1.29 is 80.8 Å². The van der Waals surface area contributed by atoms with Crippen LogP contribution in [0, 0.1) is 17.1 Å². The molecule has 498 valence electrons. The minimum atomic E-state index is -4.67. The maximum absolute atomic E-state index is 16.2. The number of nitriles is 1. The molecule has 0 spiro atoms. The van der Waals surface area contributed by atoms with E-state index < -0.39 is 96.0 Å². The summed E-state index contributed by atoms with van der Waals surface area (Å²) in [7, 11) is 7.21. The van der Waals surface area contributed by atoms with E-state index in [9.17, 15) is 76.9 Å². The minimum absolute atomic E-state index is 0.00732. The summed E-state index contributed by atoms with van der Waals surface area (Å²) in [4.78, 5) is 134. The topological polar surface area (TPSA) is 317 Å². The van der Waals surface area contributed by atoms with Gasteiger partial charge in [0.15, 0.2) is 0 Å². The molecule has 0 atom stereocenters. The highest BCUT2D eigenvalue weighted by Gasteiger charge is 2.44. The molecule has 2 saturated heterocycles. The number of pyridine rings is 1. The summed E-state index contributed by atoms with van der Waals surface area (Å²) < 4.78 is 62.5. The van der Waals surface area contributed by atoms with Crippen molar-refractivity contribution in [2.24, 2.45) is 0 Å². The summed E-state index contributed by atoms with van der Waals surface area (Å²) >= 11 is 0. The van der Waals surface area contributed by atoms with Crippen LogP contribution in [0.15, 0.2) is 54.7 Å². The number of hydrogen-bond acceptors (Lipinski definition) is 18. The molecule has 1 aromatic heterocycles. The van der Waals surface area contributed by atoms with Crippen LogP contribution in [0.5, 0.6) is 5.75 Å². The number of carbonyl (C=O) groups excluding carboxylic acids is 6. The van der Waals surface area contributed by atoms with Gasteiger partial charge in [0.2, 0.25) is 35.4 Å². The average molecular weight is 1280 g/mol. The number of likely N-dealkylation sites (N-methyl/N-ethyl adjacent to an activating group) is 5. The van der Waals surface area contributed by atoms with Crippen LogP contribution in [0.1, 0.15) is 36.5 Å². The molecular weight excluding hydrogens is 1200 g/mol. The molecule has 27 nitrogen and oxygen atoms in total. The number of carboxylic acid groups (broad SMARTS) is 3. The number of rotatable bonds is 28. The lowest BCUT2D eigenvalue weighted by Gasteiger charge is -2.42. The number of carboxylic acids is 3. The van der Waals surface area contributed by atoms with Crippen LogP contribution in [-0.2, 0) is 54.7 Å². The molecule has 2 aliphatic heterocycles. The van der Waals surface area contributed by atoms with Gasteiger partial charge in [-0.2, -0.15) is 18.4 Å². The molecule has 0 saturated carbocycles. The van der Waals surface area contributed by atoms with Gasteiger partial charge in [0, 0.05) is 132 Å². The third-order valence-corrected chi connectivity index (χ3v) is 15.8. The molecule has 91 heavy (non-hydrogen) atoms. The van der Waals surface area contributed by atoms with E-state index in [0.717, 1.165) is 31.7 Å². The van der Waals surface area contributed by atoms with E-state index in [0.29, 0.717) is 31.0 Å². The molecule has 5 N–H and O–H groups in total. The van der Waals surface area contributed by atoms with Crippen LogP contribution in [0.2, 0.25) is 0 Å². The number of carbonyl (C=O) groups is 9. The number of piperidine rings is 1. The van der Waals surface area contributed by atoms with Gasteiger partial charge < -0.3 is 60.1 Å². The van der Waals surface area contributed by atoms with Gasteiger partial charge in [-0.15, -0.1) is 0 Å². The van der Waals surface area contributed by atoms with E-state index in [1.807, 2.05) is 11.0 Å². The predicted molar refractivity (Wildman–Crippen MR) is 323 cm³/mol. The molecule has 0 aliphatic carbocycles. The van der Waals surface area contributed by atoms with E-state index >= 15 is 4.39 Å². The van der Waals surface area contributed by atoms with E-state index in [2.05, 4.69) is 15.6 Å². The van der Waals surface area contributed by atoms with E-state index in [1.54, 1.807) is 62.7 Å². The number of alkyl halides is 3. The molecule has 0 bridgehead atoms. The Balaban J connectivity index is 1.08. The molecule has 2 aromatic carbocycles. The normalized spacial score (nSPS) is 15.5. The fourth-order valence-corrected chi connectivity index (χ4v) is 10.4. The Morgan fingerprint density at radius 1 is 0.637 bits per heavy atom. The number of anilines is 1. The van der Waals surface area contributed by atoms with Crippen molar-refractivity contribution in [3.05, 3.63) is 77.2 Å². The van der Waals surface area contributed by atoms with Crippen molar-refractivity contribution in [1.29, 1.82) is 5.26 Å². The number of benzene rings is 2. The first-order valence-electron chi connectivity index (χ1n) is 29.5. The lowest BCUT2D eigenvalue weighted by atomic mass is 9.72. The maximum atomic E-state index is 16.2. The largest absolute Gasteiger partial charge is 0.493 e. The first-order valence-corrected chi connectivity index (χ1v) is 29.5. The summed E-state index contributed by atoms with van der Waals surface area (Å²) in [6.45, 7) is 1.77. The Labute approximate surface area is 525 Å². The maximum Gasteiger partial charge on any atom is 0.416 e. The third-order valence-electron chi connectivity index (χ3n) is 15.8. The average Bonchev–Trinajstić information content (AvgIpc) is 0.775. The molecular formula is C60H82F4N14O13. The van der Waals surface area contributed by atoms with Gasteiger partial charge >= 0.3 is 24.1 Å². The molecule has 0 radical (unpaired) electrons. The highest BCUT2D eigenvalue weighted by molar-refractivity contribution is 5.91. The standard InChI is InChI=1S/C60H82F4N14O13/c1-7-91-48-11-9-8-10-45(48)57-46(61)31-44(33-68-57)59(14-18-78(19-15-59)47-13-12-43(60(62,63)64)30-42(47)32-65)58(90)67-17-21-69(2)20-16-66-49(79)34-70(3)50(80)35-71(4)51(81)36-72(5)52(82)37-73(6)53(83)38-74-22-24-75(39-54(84)85)26-28-77(41-56(88)89)29-27-76(25-23-74)40-55(86)87/h8-13,30-31,33H,7,14-29,34-41H2,1-6H3,(H,66,79)(H,67,90)(H,84,85)(H,86,87)(H,88,89). The molecule has 3 aromatic rings. The number of amides is 6. The number of aliphatic carboxylic acids is 3. The lowest BCUT2D eigenvalue weighted by Crippen LogP contribution is -2.53. The monoisotopic (exact) mass is 1280 g/mol. The van der Waals surface area contributed by atoms with Crippen LogP contribution in [0.3, 0.4) is 0 Å². The molecule has 5 rings (SSSR count). The van der Waals surface area contributed by atoms with Crippen molar-refractivity contribution >= 4 is 59.0 Å². The van der Waals surface area contributed by atoms with Crippen LogP contribution in [0.25, 0.3) is 11.3 Å². The Hall–Kier alpha value is -8.57. The molecule has 31 heteroatoms. The second-order valence-electron chi connectivity index (χ2n) is 22.6. The van der Waals surface area contributed by atoms with Crippen molar-refractivity contribution in [2.45, 2.75) is 31.4 Å². The Morgan fingerprint density at radius 3 is 1.56 bits per heavy atom. The smallest absolute Gasteiger partial charge is 0.416 e. The Morgan fingerprint density at radius 2 is 1.10 bits per heavy atom. The number of ether oxygens (including phenoxy) is 1. The van der Waals surface area contributed by atoms with Gasteiger partial charge in [0.05, 0.1) is 81.2 Å². The number of nitrogens with zero attached hydrogens (tertiary/aromatic N) is 12. The van der Waals surface area contributed by atoms with E-state index in [-0.39, 0.29) is 147 Å². The Kier molecular flexibility index (Phi) is 27.8. The van der Waals surface area contributed by atoms with Gasteiger partial charge in [-0.1, -0.05) is 12.1 Å². The summed E-state index contributed by atoms with van der Waals surface area (Å²) in [5.74, 6) is -6.86. The van der Waals surface area contributed by atoms with Gasteiger partial charge in [0.25, 0.3) is 0 Å². The fourth-order valence-electron chi connectivity index (χ4n) is 10.4. The highest BCUT2D eigenvalue weighted by atomic mass is 19.4. The second kappa shape index (κ2) is 34.6. The third kappa shape index (κ3) is 22.4. The number of para-hydroxylation sites is 1. The van der Waals surface area contributed by atoms with Gasteiger partial charge in [-0.25, -0.2) is 4.39 Å². The quantitative estimate of drug-likeness (QED) is 0.0606. The number of halogens is 4. The predicted octanol–water partition coefficient (Wildman–Crippen LogP) is 0.188. The van der Waals surface area contributed by atoms with Gasteiger partial charge in [0.1, 0.15) is 23.3 Å². The SMILES string of the molecule is CCOc1ccccc1-c1ncc(C2(C(=O)NCCN(C)CCNC(=O)CN(C)C(=O)CN(C)C(=O)CN(C)C(=O)CN(C)C(=O)CN3CCN(CC(=O)O)CCN(CC(=O)O)CCN(CC(=O)O)CC3)CCN(c3ccc(C(F)(F)F)cc3C#N)CC2)cc1F. The fraction of sp³-hybridized carbons (Fsp3) is 0.550. The van der Waals surface area contributed by atoms with E-state index in [4.69, 9.17) is 4.74 Å². The van der Waals surface area contributed by atoms with Crippen LogP contribution in [-0.4, -0.2) is 304 Å². The van der Waals surface area contributed by atoms with Gasteiger partial charge in [-0.05, 0) is 68.8 Å². The molecule has 2 aliphatic rings. The lowest BCUT2D eigenvalue weighted by molar-refractivity contribution is -0.144. The molecule has 2 fully saturated rings. The van der Waals surface area contributed by atoms with Crippen molar-refractivity contribution in [3.63, 3.8) is 0 Å². The summed E-state index contributed by atoms with van der Waals surface area (Å²) in [5.41, 5.74) is -1.55. The first-order chi connectivity index (χ1) is 43.0. The zero-order valence-electron chi connectivity index (χ0n) is 52.2. The van der Waals surface area contributed by atoms with Crippen molar-refractivity contribution in [3.8, 4) is 23.1 Å². The number of aromatic nitrogens is 1. The zero-order valence-corrected chi connectivity index (χ0v) is 52.2. The zero-order chi connectivity index (χ0) is 67.2. The number of hydrogen-bond donors (Lipinski definition) is 5.